The number of anilines is 2. The second-order valence-electron chi connectivity index (χ2n) is 10.4. The van der Waals surface area contributed by atoms with E-state index in [0.717, 1.165) is 40.7 Å². The molecule has 4 heterocycles. The number of nitrogen functional groups attached to an aromatic ring is 1. The van der Waals surface area contributed by atoms with Gasteiger partial charge in [0.2, 0.25) is 5.91 Å². The number of thiazole rings is 1. The summed E-state index contributed by atoms with van der Waals surface area (Å²) < 4.78 is 2.73. The van der Waals surface area contributed by atoms with Gasteiger partial charge in [-0.1, -0.05) is 41.6 Å². The van der Waals surface area contributed by atoms with Gasteiger partial charge >= 0.3 is 0 Å². The summed E-state index contributed by atoms with van der Waals surface area (Å²) in [6.07, 6.45) is 3.56. The van der Waals surface area contributed by atoms with Gasteiger partial charge < -0.3 is 25.4 Å². The molecule has 0 bridgehead atoms. The van der Waals surface area contributed by atoms with Crippen LogP contribution in [0.1, 0.15) is 12.8 Å². The summed E-state index contributed by atoms with van der Waals surface area (Å²) in [5, 5.41) is 4.34. The van der Waals surface area contributed by atoms with Crippen molar-refractivity contribution in [2.45, 2.75) is 25.4 Å². The molecule has 1 unspecified atom stereocenters. The van der Waals surface area contributed by atoms with Crippen molar-refractivity contribution in [1.29, 1.82) is 0 Å². The van der Waals surface area contributed by atoms with Gasteiger partial charge in [0.15, 0.2) is 10.9 Å². The molecule has 39 heavy (non-hydrogen) atoms. The fourth-order valence-corrected chi connectivity index (χ4v) is 6.67. The smallest absolute Gasteiger partial charge is 0.293 e. The first-order chi connectivity index (χ1) is 18.8. The summed E-state index contributed by atoms with van der Waals surface area (Å²) in [5.41, 5.74) is 9.58. The molecule has 6 rings (SSSR count). The Morgan fingerprint density at radius 3 is 2.85 bits per heavy atom. The van der Waals surface area contributed by atoms with Crippen molar-refractivity contribution in [3.8, 4) is 11.1 Å². The SMILES string of the molecule is C=CC(=O)N1CC(Cn2c(=O)c(NCC3CCCN3C)nc3cc(-c4cccc5sc(N)nc45)c(Cl)cc32)C1. The highest BCUT2D eigenvalue weighted by Gasteiger charge is 2.31. The van der Waals surface area contributed by atoms with E-state index in [1.165, 1.54) is 17.4 Å². The lowest BCUT2D eigenvalue weighted by Crippen LogP contribution is -2.51. The third-order valence-corrected chi connectivity index (χ3v) is 8.98. The fraction of sp³-hybridized carbons (Fsp3) is 0.357. The van der Waals surface area contributed by atoms with Crippen LogP contribution in [-0.2, 0) is 11.3 Å². The lowest BCUT2D eigenvalue weighted by Gasteiger charge is -2.39. The first-order valence-corrected chi connectivity index (χ1v) is 14.3. The van der Waals surface area contributed by atoms with Gasteiger partial charge in [-0.15, -0.1) is 0 Å². The summed E-state index contributed by atoms with van der Waals surface area (Å²) in [6.45, 7) is 6.89. The molecule has 0 saturated carbocycles. The van der Waals surface area contributed by atoms with E-state index in [1.807, 2.05) is 30.3 Å². The van der Waals surface area contributed by atoms with Crippen molar-refractivity contribution >= 4 is 61.0 Å². The van der Waals surface area contributed by atoms with Crippen LogP contribution in [0.25, 0.3) is 32.4 Å². The molecule has 2 aromatic heterocycles. The van der Waals surface area contributed by atoms with Crippen LogP contribution in [0.5, 0.6) is 0 Å². The zero-order chi connectivity index (χ0) is 27.3. The Hall–Kier alpha value is -3.47. The standard InChI is InChI=1S/C28H30ClN7O2S/c1-3-24(37)35-13-16(14-35)15-36-22-11-20(29)19(18-7-4-8-23-25(18)33-28(30)39-23)10-21(22)32-26(27(36)38)31-12-17-6-5-9-34(17)2/h3-4,7-8,10-11,16-17H,1,5-6,9,12-15H2,2H3,(H2,30,33)(H,31,32). The molecule has 2 aliphatic heterocycles. The molecule has 9 nitrogen and oxygen atoms in total. The fourth-order valence-electron chi connectivity index (χ4n) is 5.65. The summed E-state index contributed by atoms with van der Waals surface area (Å²) in [4.78, 5) is 39.1. The van der Waals surface area contributed by atoms with E-state index in [4.69, 9.17) is 22.3 Å². The van der Waals surface area contributed by atoms with E-state index in [9.17, 15) is 9.59 Å². The van der Waals surface area contributed by atoms with Gasteiger partial charge in [0.1, 0.15) is 0 Å². The van der Waals surface area contributed by atoms with Gasteiger partial charge in [0, 0.05) is 49.3 Å². The Kier molecular flexibility index (Phi) is 6.78. The number of carbonyl (C=O) groups excluding carboxylic acids is 1. The van der Waals surface area contributed by atoms with Gasteiger partial charge in [-0.05, 0) is 50.7 Å². The van der Waals surface area contributed by atoms with Crippen LogP contribution in [-0.4, -0.2) is 69.5 Å². The molecule has 4 aromatic rings. The molecule has 0 spiro atoms. The maximum atomic E-state index is 13.7. The number of aromatic nitrogens is 3. The molecular formula is C28H30ClN7O2S. The average Bonchev–Trinajstić information content (AvgIpc) is 3.49. The van der Waals surface area contributed by atoms with Crippen molar-refractivity contribution < 1.29 is 4.79 Å². The normalized spacial score (nSPS) is 18.1. The highest BCUT2D eigenvalue weighted by molar-refractivity contribution is 7.22. The lowest BCUT2D eigenvalue weighted by molar-refractivity contribution is -0.132. The quantitative estimate of drug-likeness (QED) is 0.326. The monoisotopic (exact) mass is 563 g/mol. The number of nitrogens with two attached hydrogens (primary N) is 1. The summed E-state index contributed by atoms with van der Waals surface area (Å²) in [5.74, 6) is 0.382. The van der Waals surface area contributed by atoms with Crippen molar-refractivity contribution in [2.75, 3.05) is 44.3 Å². The summed E-state index contributed by atoms with van der Waals surface area (Å²) in [7, 11) is 2.11. The van der Waals surface area contributed by atoms with Gasteiger partial charge in [0.05, 0.1) is 26.3 Å². The number of amides is 1. The average molecular weight is 564 g/mol. The predicted octanol–water partition coefficient (Wildman–Crippen LogP) is 4.06. The van der Waals surface area contributed by atoms with Crippen LogP contribution in [0.2, 0.25) is 5.02 Å². The molecule has 2 fully saturated rings. The number of hydrogen-bond donors (Lipinski definition) is 2. The number of benzene rings is 2. The van der Waals surface area contributed by atoms with E-state index < -0.39 is 0 Å². The van der Waals surface area contributed by atoms with Crippen LogP contribution in [0.15, 0.2) is 47.8 Å². The number of nitrogens with one attached hydrogen (secondary N) is 1. The van der Waals surface area contributed by atoms with Crippen LogP contribution in [0, 0.1) is 5.92 Å². The Bertz CT molecular complexity index is 1660. The predicted molar refractivity (Wildman–Crippen MR) is 158 cm³/mol. The molecule has 2 aromatic carbocycles. The Morgan fingerprint density at radius 1 is 1.28 bits per heavy atom. The van der Waals surface area contributed by atoms with Crippen molar-refractivity contribution in [2.24, 2.45) is 5.92 Å². The minimum absolute atomic E-state index is 0.0919. The van der Waals surface area contributed by atoms with Crippen molar-refractivity contribution in [3.05, 3.63) is 58.4 Å². The molecule has 3 N–H and O–H groups in total. The maximum Gasteiger partial charge on any atom is 0.293 e. The van der Waals surface area contributed by atoms with Crippen LogP contribution in [0.4, 0.5) is 10.9 Å². The molecule has 0 aliphatic carbocycles. The largest absolute Gasteiger partial charge is 0.375 e. The second-order valence-corrected chi connectivity index (χ2v) is 11.8. The Labute approximate surface area is 234 Å². The number of halogens is 1. The van der Waals surface area contributed by atoms with Gasteiger partial charge in [0.25, 0.3) is 5.56 Å². The first kappa shape index (κ1) is 25.8. The van der Waals surface area contributed by atoms with E-state index in [0.29, 0.717) is 59.2 Å². The highest BCUT2D eigenvalue weighted by atomic mass is 35.5. The third-order valence-electron chi connectivity index (χ3n) is 7.82. The minimum Gasteiger partial charge on any atom is -0.375 e. The zero-order valence-electron chi connectivity index (χ0n) is 21.7. The number of likely N-dealkylation sites (tertiary alicyclic amines) is 2. The summed E-state index contributed by atoms with van der Waals surface area (Å²) in [6, 6.07) is 10.0. The number of fused-ring (bicyclic) bond motifs is 2. The molecule has 11 heteroatoms. The molecule has 2 aliphatic rings. The van der Waals surface area contributed by atoms with E-state index in [1.54, 1.807) is 9.47 Å². The maximum absolute atomic E-state index is 13.7. The third kappa shape index (κ3) is 4.77. The number of carbonyl (C=O) groups is 1. The van der Waals surface area contributed by atoms with E-state index in [-0.39, 0.29) is 17.4 Å². The van der Waals surface area contributed by atoms with Gasteiger partial charge in [-0.3, -0.25) is 9.59 Å². The molecule has 0 radical (unpaired) electrons. The molecule has 1 atom stereocenters. The summed E-state index contributed by atoms with van der Waals surface area (Å²) >= 11 is 8.29. The Morgan fingerprint density at radius 2 is 2.10 bits per heavy atom. The van der Waals surface area contributed by atoms with E-state index >= 15 is 0 Å². The molecular weight excluding hydrogens is 534 g/mol. The number of rotatable bonds is 7. The van der Waals surface area contributed by atoms with Crippen LogP contribution >= 0.6 is 22.9 Å². The topological polar surface area (TPSA) is 109 Å². The zero-order valence-corrected chi connectivity index (χ0v) is 23.3. The van der Waals surface area contributed by atoms with Crippen LogP contribution in [0.3, 0.4) is 0 Å². The number of likely N-dealkylation sites (N-methyl/N-ethyl adjacent to an activating group) is 1. The molecule has 202 valence electrons. The van der Waals surface area contributed by atoms with Crippen LogP contribution < -0.4 is 16.6 Å². The number of nitrogens with zero attached hydrogens (tertiary/aromatic N) is 5. The number of para-hydroxylation sites is 1. The Balaban J connectivity index is 1.42. The van der Waals surface area contributed by atoms with Gasteiger partial charge in [-0.25, -0.2) is 9.97 Å². The molecule has 1 amide bonds. The minimum atomic E-state index is -0.185. The first-order valence-electron chi connectivity index (χ1n) is 13.1. The van der Waals surface area contributed by atoms with Crippen molar-refractivity contribution in [3.63, 3.8) is 0 Å². The van der Waals surface area contributed by atoms with Crippen molar-refractivity contribution in [1.82, 2.24) is 24.3 Å². The lowest BCUT2D eigenvalue weighted by atomic mass is 9.99. The highest BCUT2D eigenvalue weighted by Crippen LogP contribution is 2.38. The van der Waals surface area contributed by atoms with Gasteiger partial charge in [-0.2, -0.15) is 0 Å². The van der Waals surface area contributed by atoms with E-state index in [2.05, 4.69) is 28.8 Å². The molecule has 2 saturated heterocycles. The number of hydrogen-bond acceptors (Lipinski definition) is 8. The second kappa shape index (κ2) is 10.3.